The van der Waals surface area contributed by atoms with Gasteiger partial charge in [0.25, 0.3) is 0 Å². The second-order valence-corrected chi connectivity index (χ2v) is 4.84. The summed E-state index contributed by atoms with van der Waals surface area (Å²) in [5, 5.41) is 10.7. The highest BCUT2D eigenvalue weighted by molar-refractivity contribution is 6.28. The number of hydrogen-bond acceptors (Lipinski definition) is 4. The Labute approximate surface area is 110 Å². The summed E-state index contributed by atoms with van der Waals surface area (Å²) < 4.78 is 0. The molecule has 0 bridgehead atoms. The molecule has 2 aromatic rings. The minimum atomic E-state index is 0.138. The molecule has 0 aliphatic carbocycles. The molecule has 4 nitrogen and oxygen atoms in total. The van der Waals surface area contributed by atoms with Gasteiger partial charge in [0, 0.05) is 11.9 Å². The molecule has 1 atom stereocenters. The van der Waals surface area contributed by atoms with Crippen LogP contribution >= 0.6 is 11.6 Å². The second-order valence-electron chi connectivity index (χ2n) is 4.51. The first-order valence-electron chi connectivity index (χ1n) is 6.09. The fourth-order valence-electron chi connectivity index (χ4n) is 2.56. The van der Waals surface area contributed by atoms with Gasteiger partial charge in [-0.25, -0.2) is 4.98 Å². The summed E-state index contributed by atoms with van der Waals surface area (Å²) in [5.41, 5.74) is 0.844. The highest BCUT2D eigenvalue weighted by Crippen LogP contribution is 2.30. The maximum Gasteiger partial charge on any atom is 0.224 e. The van der Waals surface area contributed by atoms with E-state index in [0.717, 1.165) is 36.1 Å². The van der Waals surface area contributed by atoms with Gasteiger partial charge in [-0.15, -0.1) is 0 Å². The Kier molecular flexibility index (Phi) is 3.06. The summed E-state index contributed by atoms with van der Waals surface area (Å²) in [4.78, 5) is 10.7. The molecular formula is C13H14ClN3O. The van der Waals surface area contributed by atoms with Crippen molar-refractivity contribution in [1.29, 1.82) is 0 Å². The molecule has 5 heteroatoms. The van der Waals surface area contributed by atoms with Gasteiger partial charge < -0.3 is 10.0 Å². The van der Waals surface area contributed by atoms with Crippen LogP contribution in [0.1, 0.15) is 12.8 Å². The van der Waals surface area contributed by atoms with E-state index in [9.17, 15) is 5.11 Å². The Morgan fingerprint density at radius 3 is 3.00 bits per heavy atom. The monoisotopic (exact) mass is 263 g/mol. The quantitative estimate of drug-likeness (QED) is 0.845. The van der Waals surface area contributed by atoms with E-state index in [-0.39, 0.29) is 17.9 Å². The number of rotatable bonds is 2. The summed E-state index contributed by atoms with van der Waals surface area (Å²) in [6.45, 7) is 1.05. The third-order valence-corrected chi connectivity index (χ3v) is 3.58. The molecule has 1 fully saturated rings. The fraction of sp³-hybridized carbons (Fsp3) is 0.385. The maximum atomic E-state index is 9.42. The van der Waals surface area contributed by atoms with Crippen molar-refractivity contribution in [3.05, 3.63) is 29.5 Å². The molecule has 0 saturated carbocycles. The molecule has 1 aliphatic heterocycles. The number of para-hydroxylation sites is 1. The third kappa shape index (κ3) is 1.91. The van der Waals surface area contributed by atoms with E-state index in [1.54, 1.807) is 0 Å². The van der Waals surface area contributed by atoms with Gasteiger partial charge in [0.05, 0.1) is 18.2 Å². The number of aromatic nitrogens is 2. The number of benzene rings is 1. The van der Waals surface area contributed by atoms with Crippen molar-refractivity contribution < 1.29 is 5.11 Å². The average molecular weight is 264 g/mol. The minimum absolute atomic E-state index is 0.138. The first kappa shape index (κ1) is 11.7. The Hall–Kier alpha value is -1.39. The van der Waals surface area contributed by atoms with Crippen LogP contribution in [-0.2, 0) is 0 Å². The summed E-state index contributed by atoms with van der Waals surface area (Å²) in [6.07, 6.45) is 2.06. The predicted octanol–water partition coefficient (Wildman–Crippen LogP) is 2.24. The van der Waals surface area contributed by atoms with E-state index in [1.807, 2.05) is 24.3 Å². The Bertz CT molecular complexity index is 575. The van der Waals surface area contributed by atoms with Crippen LogP contribution in [-0.4, -0.2) is 34.3 Å². The smallest absolute Gasteiger partial charge is 0.224 e. The van der Waals surface area contributed by atoms with Crippen molar-refractivity contribution in [2.75, 3.05) is 18.1 Å². The van der Waals surface area contributed by atoms with Crippen LogP contribution in [0, 0.1) is 0 Å². The molecule has 0 amide bonds. The number of halogens is 1. The lowest BCUT2D eigenvalue weighted by Crippen LogP contribution is -2.33. The standard InChI is InChI=1S/C13H14ClN3O/c14-13-15-11-6-2-1-5-10(11)12(16-13)17-7-3-4-9(17)8-18/h1-2,5-6,9,18H,3-4,7-8H2/t9-/m0/s1. The van der Waals surface area contributed by atoms with Crippen LogP contribution in [0.5, 0.6) is 0 Å². The number of fused-ring (bicyclic) bond motifs is 1. The van der Waals surface area contributed by atoms with Gasteiger partial charge in [-0.05, 0) is 36.6 Å². The van der Waals surface area contributed by atoms with Crippen molar-refractivity contribution >= 4 is 28.3 Å². The van der Waals surface area contributed by atoms with E-state index >= 15 is 0 Å². The minimum Gasteiger partial charge on any atom is -0.394 e. The Morgan fingerprint density at radius 2 is 2.17 bits per heavy atom. The fourth-order valence-corrected chi connectivity index (χ4v) is 2.73. The van der Waals surface area contributed by atoms with Gasteiger partial charge >= 0.3 is 0 Å². The summed E-state index contributed by atoms with van der Waals surface area (Å²) >= 11 is 5.98. The lowest BCUT2D eigenvalue weighted by molar-refractivity contribution is 0.266. The summed E-state index contributed by atoms with van der Waals surface area (Å²) in [6, 6.07) is 7.96. The van der Waals surface area contributed by atoms with Gasteiger partial charge in [-0.2, -0.15) is 4.98 Å². The highest BCUT2D eigenvalue weighted by atomic mass is 35.5. The molecule has 0 radical (unpaired) electrons. The molecule has 2 heterocycles. The first-order valence-corrected chi connectivity index (χ1v) is 6.47. The lowest BCUT2D eigenvalue weighted by Gasteiger charge is -2.25. The van der Waals surface area contributed by atoms with E-state index in [1.165, 1.54) is 0 Å². The zero-order valence-electron chi connectivity index (χ0n) is 9.88. The topological polar surface area (TPSA) is 49.2 Å². The van der Waals surface area contributed by atoms with Gasteiger partial charge in [0.15, 0.2) is 0 Å². The Morgan fingerprint density at radius 1 is 1.33 bits per heavy atom. The zero-order valence-corrected chi connectivity index (χ0v) is 10.6. The maximum absolute atomic E-state index is 9.42. The van der Waals surface area contributed by atoms with Crippen molar-refractivity contribution in [3.63, 3.8) is 0 Å². The number of nitrogens with zero attached hydrogens (tertiary/aromatic N) is 3. The molecule has 94 valence electrons. The Balaban J connectivity index is 2.15. The van der Waals surface area contributed by atoms with Crippen LogP contribution in [0.25, 0.3) is 10.9 Å². The summed E-state index contributed by atoms with van der Waals surface area (Å²) in [5.74, 6) is 0.835. The van der Waals surface area contributed by atoms with Crippen LogP contribution in [0.4, 0.5) is 5.82 Å². The molecule has 1 aromatic carbocycles. The molecule has 3 rings (SSSR count). The van der Waals surface area contributed by atoms with E-state index in [2.05, 4.69) is 14.9 Å². The lowest BCUT2D eigenvalue weighted by atomic mass is 10.2. The molecule has 1 aliphatic rings. The third-order valence-electron chi connectivity index (χ3n) is 3.42. The molecule has 1 aromatic heterocycles. The van der Waals surface area contributed by atoms with Crippen LogP contribution < -0.4 is 4.90 Å². The van der Waals surface area contributed by atoms with Gasteiger partial charge in [0.1, 0.15) is 5.82 Å². The van der Waals surface area contributed by atoms with Crippen molar-refractivity contribution in [2.45, 2.75) is 18.9 Å². The predicted molar refractivity (Wildman–Crippen MR) is 72.0 cm³/mol. The van der Waals surface area contributed by atoms with Crippen LogP contribution in [0.3, 0.4) is 0 Å². The largest absolute Gasteiger partial charge is 0.394 e. The van der Waals surface area contributed by atoms with E-state index < -0.39 is 0 Å². The van der Waals surface area contributed by atoms with Crippen molar-refractivity contribution in [1.82, 2.24) is 9.97 Å². The number of aliphatic hydroxyl groups excluding tert-OH is 1. The molecule has 0 spiro atoms. The molecule has 1 saturated heterocycles. The number of hydrogen-bond donors (Lipinski definition) is 1. The van der Waals surface area contributed by atoms with Crippen LogP contribution in [0.15, 0.2) is 24.3 Å². The van der Waals surface area contributed by atoms with Gasteiger partial charge in [-0.1, -0.05) is 12.1 Å². The molecule has 0 unspecified atom stereocenters. The SMILES string of the molecule is OC[C@@H]1CCCN1c1nc(Cl)nc2ccccc12. The first-order chi connectivity index (χ1) is 8.79. The second kappa shape index (κ2) is 4.71. The summed E-state index contributed by atoms with van der Waals surface area (Å²) in [7, 11) is 0. The van der Waals surface area contributed by atoms with E-state index in [4.69, 9.17) is 11.6 Å². The average Bonchev–Trinajstić information content (AvgIpc) is 2.85. The van der Waals surface area contributed by atoms with E-state index in [0.29, 0.717) is 0 Å². The van der Waals surface area contributed by atoms with Crippen molar-refractivity contribution in [2.24, 2.45) is 0 Å². The molecule has 1 N–H and O–H groups in total. The molecule has 18 heavy (non-hydrogen) atoms. The highest BCUT2D eigenvalue weighted by Gasteiger charge is 2.26. The van der Waals surface area contributed by atoms with Gasteiger partial charge in [-0.3, -0.25) is 0 Å². The van der Waals surface area contributed by atoms with Gasteiger partial charge in [0.2, 0.25) is 5.28 Å². The molecular weight excluding hydrogens is 250 g/mol. The van der Waals surface area contributed by atoms with Crippen LogP contribution in [0.2, 0.25) is 5.28 Å². The normalized spacial score (nSPS) is 19.7. The zero-order chi connectivity index (χ0) is 12.5. The number of aliphatic hydroxyl groups is 1. The number of anilines is 1. The van der Waals surface area contributed by atoms with Crippen molar-refractivity contribution in [3.8, 4) is 0 Å².